The van der Waals surface area contributed by atoms with E-state index in [1.54, 1.807) is 0 Å². The third-order valence-electron chi connectivity index (χ3n) is 8.23. The molecule has 3 aliphatic heterocycles. The van der Waals surface area contributed by atoms with Crippen LogP contribution in [0.4, 0.5) is 15.0 Å². The zero-order valence-electron chi connectivity index (χ0n) is 25.2. The van der Waals surface area contributed by atoms with Crippen molar-refractivity contribution in [2.75, 3.05) is 37.7 Å². The molecular weight excluding hydrogens is 539 g/mol. The molecule has 2 aromatic heterocycles. The standard InChI is InChI=1S/C31H41FN6O4/c1-19-12-21-15-33-38(26(21)13-24(19)23-9-10-36(18-25(23)32)30(39)42-31(3,4)5)28-14-27(34-20(2)35-28)37-16-22(17-37)41-29-8-6-7-11-40-29/h12-15,22-23,25,29H,6-11,16-18H2,1-5H3/t23-,25-,29?/m1/s1. The van der Waals surface area contributed by atoms with Crippen LogP contribution in [-0.4, -0.2) is 87.7 Å². The smallest absolute Gasteiger partial charge is 0.410 e. The van der Waals surface area contributed by atoms with Crippen molar-refractivity contribution in [1.82, 2.24) is 24.6 Å². The molecule has 5 heterocycles. The highest BCUT2D eigenvalue weighted by Gasteiger charge is 2.36. The van der Waals surface area contributed by atoms with Gasteiger partial charge in [-0.15, -0.1) is 0 Å². The van der Waals surface area contributed by atoms with Gasteiger partial charge < -0.3 is 24.0 Å². The maximum Gasteiger partial charge on any atom is 0.410 e. The minimum absolute atomic E-state index is 0.0121. The monoisotopic (exact) mass is 580 g/mol. The summed E-state index contributed by atoms with van der Waals surface area (Å²) in [5.74, 6) is 1.82. The third-order valence-corrected chi connectivity index (χ3v) is 8.23. The predicted octanol–water partition coefficient (Wildman–Crippen LogP) is 5.23. The lowest BCUT2D eigenvalue weighted by Gasteiger charge is -2.41. The van der Waals surface area contributed by atoms with Gasteiger partial charge in [-0.3, -0.25) is 0 Å². The van der Waals surface area contributed by atoms with Crippen molar-refractivity contribution >= 4 is 22.8 Å². The lowest BCUT2D eigenvalue weighted by Crippen LogP contribution is -2.54. The second-order valence-corrected chi connectivity index (χ2v) is 12.8. The Bertz CT molecular complexity index is 1440. The maximum atomic E-state index is 15.6. The molecule has 0 radical (unpaired) electrons. The van der Waals surface area contributed by atoms with Gasteiger partial charge >= 0.3 is 6.09 Å². The molecule has 0 N–H and O–H groups in total. The molecule has 42 heavy (non-hydrogen) atoms. The topological polar surface area (TPSA) is 94.8 Å². The second-order valence-electron chi connectivity index (χ2n) is 12.8. The Labute approximate surface area is 246 Å². The Kier molecular flexibility index (Phi) is 7.82. The number of carbonyl (C=O) groups is 1. The first-order valence-electron chi connectivity index (χ1n) is 15.0. The number of fused-ring (bicyclic) bond motifs is 1. The van der Waals surface area contributed by atoms with Crippen LogP contribution in [0, 0.1) is 13.8 Å². The molecule has 0 aliphatic carbocycles. The number of ether oxygens (including phenoxy) is 3. The van der Waals surface area contributed by atoms with E-state index in [4.69, 9.17) is 19.2 Å². The van der Waals surface area contributed by atoms with Gasteiger partial charge in [0.1, 0.15) is 23.4 Å². The molecule has 0 bridgehead atoms. The van der Waals surface area contributed by atoms with Crippen LogP contribution in [0.1, 0.15) is 69.3 Å². The Hall–Kier alpha value is -3.31. The molecule has 3 fully saturated rings. The Morgan fingerprint density at radius 2 is 1.83 bits per heavy atom. The first-order valence-corrected chi connectivity index (χ1v) is 15.0. The van der Waals surface area contributed by atoms with Gasteiger partial charge in [-0.25, -0.2) is 23.8 Å². The SMILES string of the molecule is Cc1nc(N2CC(OC3CCCCO3)C2)cc(-n2ncc3cc(C)c([C@H]4CCN(C(=O)OC(C)(C)C)C[C@H]4F)cc32)n1. The number of likely N-dealkylation sites (tertiary alicyclic amines) is 1. The van der Waals surface area contributed by atoms with E-state index >= 15 is 4.39 Å². The molecule has 0 saturated carbocycles. The number of aryl methyl sites for hydroxylation is 2. The van der Waals surface area contributed by atoms with Gasteiger partial charge in [-0.2, -0.15) is 5.10 Å². The fourth-order valence-electron chi connectivity index (χ4n) is 6.08. The van der Waals surface area contributed by atoms with Crippen molar-refractivity contribution in [1.29, 1.82) is 0 Å². The number of carbonyl (C=O) groups excluding carboxylic acids is 1. The molecule has 1 amide bonds. The average molecular weight is 581 g/mol. The van der Waals surface area contributed by atoms with Crippen LogP contribution < -0.4 is 4.90 Å². The van der Waals surface area contributed by atoms with Crippen molar-refractivity contribution in [2.24, 2.45) is 0 Å². The van der Waals surface area contributed by atoms with Crippen molar-refractivity contribution in [3.05, 3.63) is 41.3 Å². The Morgan fingerprint density at radius 3 is 2.55 bits per heavy atom. The van der Waals surface area contributed by atoms with Crippen LogP contribution in [0.2, 0.25) is 0 Å². The summed E-state index contributed by atoms with van der Waals surface area (Å²) in [6.07, 6.45) is 3.89. The zero-order chi connectivity index (χ0) is 29.6. The van der Waals surface area contributed by atoms with Crippen LogP contribution in [-0.2, 0) is 14.2 Å². The van der Waals surface area contributed by atoms with Gasteiger partial charge in [0.15, 0.2) is 12.1 Å². The molecule has 10 nitrogen and oxygen atoms in total. The summed E-state index contributed by atoms with van der Waals surface area (Å²) in [6.45, 7) is 12.1. The molecule has 0 spiro atoms. The van der Waals surface area contributed by atoms with Crippen LogP contribution in [0.25, 0.3) is 16.7 Å². The van der Waals surface area contributed by atoms with E-state index in [-0.39, 0.29) is 24.9 Å². The largest absolute Gasteiger partial charge is 0.444 e. The van der Waals surface area contributed by atoms with E-state index in [0.717, 1.165) is 66.8 Å². The molecule has 3 saturated heterocycles. The number of nitrogens with zero attached hydrogens (tertiary/aromatic N) is 6. The van der Waals surface area contributed by atoms with E-state index in [9.17, 15) is 4.79 Å². The maximum absolute atomic E-state index is 15.6. The van der Waals surface area contributed by atoms with Gasteiger partial charge in [0.05, 0.1) is 24.4 Å². The molecule has 1 aromatic carbocycles. The quantitative estimate of drug-likeness (QED) is 0.405. The number of halogens is 1. The highest BCUT2D eigenvalue weighted by Crippen LogP contribution is 2.36. The van der Waals surface area contributed by atoms with Gasteiger partial charge in [0, 0.05) is 43.6 Å². The van der Waals surface area contributed by atoms with Crippen LogP contribution in [0.15, 0.2) is 24.4 Å². The van der Waals surface area contributed by atoms with Crippen LogP contribution >= 0.6 is 0 Å². The van der Waals surface area contributed by atoms with Crippen molar-refractivity contribution in [3.8, 4) is 5.82 Å². The zero-order valence-corrected chi connectivity index (χ0v) is 25.2. The average Bonchev–Trinajstić information content (AvgIpc) is 3.32. The molecular formula is C31H41FN6O4. The van der Waals surface area contributed by atoms with E-state index in [1.165, 1.54) is 4.90 Å². The number of hydrogen-bond acceptors (Lipinski definition) is 8. The first-order chi connectivity index (χ1) is 20.0. The third kappa shape index (κ3) is 6.08. The molecule has 3 aliphatic rings. The van der Waals surface area contributed by atoms with Gasteiger partial charge in [0.2, 0.25) is 0 Å². The van der Waals surface area contributed by atoms with E-state index in [2.05, 4.69) is 21.0 Å². The number of hydrogen-bond donors (Lipinski definition) is 0. The van der Waals surface area contributed by atoms with Crippen molar-refractivity contribution < 1.29 is 23.4 Å². The lowest BCUT2D eigenvalue weighted by molar-refractivity contribution is -0.191. The molecule has 3 atom stereocenters. The normalized spacial score (nSPS) is 23.7. The summed E-state index contributed by atoms with van der Waals surface area (Å²) in [6, 6.07) is 6.04. The number of amides is 1. The highest BCUT2D eigenvalue weighted by atomic mass is 19.1. The van der Waals surface area contributed by atoms with E-state index in [0.29, 0.717) is 24.6 Å². The van der Waals surface area contributed by atoms with Crippen molar-refractivity contribution in [2.45, 2.75) is 90.4 Å². The van der Waals surface area contributed by atoms with E-state index in [1.807, 2.05) is 57.6 Å². The van der Waals surface area contributed by atoms with Crippen LogP contribution in [0.3, 0.4) is 0 Å². The summed E-state index contributed by atoms with van der Waals surface area (Å²) in [5, 5.41) is 5.62. The molecule has 6 rings (SSSR count). The summed E-state index contributed by atoms with van der Waals surface area (Å²) in [5.41, 5.74) is 2.18. The van der Waals surface area contributed by atoms with Gasteiger partial charge in [0.25, 0.3) is 0 Å². The number of anilines is 1. The highest BCUT2D eigenvalue weighted by molar-refractivity contribution is 5.82. The second kappa shape index (κ2) is 11.4. The van der Waals surface area contributed by atoms with E-state index < -0.39 is 17.9 Å². The minimum Gasteiger partial charge on any atom is -0.444 e. The number of rotatable bonds is 5. The summed E-state index contributed by atoms with van der Waals surface area (Å²) >= 11 is 0. The fraction of sp³-hybridized carbons (Fsp3) is 0.613. The number of aromatic nitrogens is 4. The molecule has 11 heteroatoms. The lowest BCUT2D eigenvalue weighted by atomic mass is 9.85. The Balaban J connectivity index is 1.20. The molecule has 1 unspecified atom stereocenters. The summed E-state index contributed by atoms with van der Waals surface area (Å²) in [7, 11) is 0. The molecule has 226 valence electrons. The predicted molar refractivity (Wildman–Crippen MR) is 157 cm³/mol. The number of piperidine rings is 1. The number of alkyl halides is 1. The van der Waals surface area contributed by atoms with Crippen molar-refractivity contribution in [3.63, 3.8) is 0 Å². The summed E-state index contributed by atoms with van der Waals surface area (Å²) in [4.78, 5) is 25.6. The Morgan fingerprint density at radius 1 is 1.05 bits per heavy atom. The first kappa shape index (κ1) is 28.8. The summed E-state index contributed by atoms with van der Waals surface area (Å²) < 4.78 is 34.7. The van der Waals surface area contributed by atoms with Gasteiger partial charge in [-0.05, 0) is 83.6 Å². The number of benzene rings is 1. The fourth-order valence-corrected chi connectivity index (χ4v) is 6.08. The van der Waals surface area contributed by atoms with Gasteiger partial charge in [-0.1, -0.05) is 0 Å². The van der Waals surface area contributed by atoms with Crippen LogP contribution in [0.5, 0.6) is 0 Å². The molecule has 3 aromatic rings. The minimum atomic E-state index is -1.20.